The Labute approximate surface area is 179 Å². The molecule has 11 heteroatoms. The van der Waals surface area contributed by atoms with Gasteiger partial charge in [-0.1, -0.05) is 0 Å². The summed E-state index contributed by atoms with van der Waals surface area (Å²) in [5.74, 6) is -0.877. The number of fused-ring (bicyclic) bond motifs is 1. The quantitative estimate of drug-likeness (QED) is 0.449. The van der Waals surface area contributed by atoms with Gasteiger partial charge in [0.2, 0.25) is 0 Å². The van der Waals surface area contributed by atoms with Crippen molar-refractivity contribution in [3.63, 3.8) is 0 Å². The van der Waals surface area contributed by atoms with Gasteiger partial charge in [0.15, 0.2) is 5.13 Å². The Hall–Kier alpha value is -3.57. The summed E-state index contributed by atoms with van der Waals surface area (Å²) in [7, 11) is 0. The summed E-state index contributed by atoms with van der Waals surface area (Å²) in [4.78, 5) is 38.5. The van der Waals surface area contributed by atoms with Gasteiger partial charge >= 0.3 is 5.69 Å². The molecule has 9 nitrogen and oxygen atoms in total. The number of nitrogens with one attached hydrogen (secondary N) is 3. The number of piperazine rings is 1. The lowest BCUT2D eigenvalue weighted by molar-refractivity contribution is 0.102. The Bertz CT molecular complexity index is 1320. The molecule has 0 unspecified atom stereocenters. The first kappa shape index (κ1) is 19.4. The summed E-state index contributed by atoms with van der Waals surface area (Å²) in [6.07, 6.45) is 3.30. The number of amides is 1. The summed E-state index contributed by atoms with van der Waals surface area (Å²) < 4.78 is 14.9. The SMILES string of the molecule is O=C(Nc1cnccc1N1CCNCC1)c1csc(-n2c(=O)[nH]c3ccc(F)cc32)n1. The number of H-pyrrole nitrogens is 1. The average Bonchev–Trinajstić information content (AvgIpc) is 3.38. The predicted molar refractivity (Wildman–Crippen MR) is 117 cm³/mol. The van der Waals surface area contributed by atoms with Crippen LogP contribution >= 0.6 is 11.3 Å². The highest BCUT2D eigenvalue weighted by atomic mass is 32.1. The molecule has 0 atom stereocenters. The van der Waals surface area contributed by atoms with Crippen molar-refractivity contribution >= 4 is 39.7 Å². The number of carbonyl (C=O) groups excluding carboxylic acids is 1. The fourth-order valence-electron chi connectivity index (χ4n) is 3.59. The first-order valence-corrected chi connectivity index (χ1v) is 10.6. The number of carbonyl (C=O) groups is 1. The van der Waals surface area contributed by atoms with Crippen molar-refractivity contribution < 1.29 is 9.18 Å². The molecule has 1 aliphatic rings. The molecular formula is C20H18FN7O2S. The number of aromatic amines is 1. The van der Waals surface area contributed by atoms with E-state index in [1.807, 2.05) is 6.07 Å². The molecule has 0 spiro atoms. The van der Waals surface area contributed by atoms with E-state index in [2.05, 4.69) is 30.5 Å². The maximum atomic E-state index is 13.7. The number of hydrogen-bond acceptors (Lipinski definition) is 7. The predicted octanol–water partition coefficient (Wildman–Crippen LogP) is 1.97. The van der Waals surface area contributed by atoms with Crippen LogP contribution in [0.4, 0.5) is 15.8 Å². The first-order chi connectivity index (χ1) is 15.1. The van der Waals surface area contributed by atoms with Crippen molar-refractivity contribution in [2.24, 2.45) is 0 Å². The van der Waals surface area contributed by atoms with Crippen LogP contribution in [-0.4, -0.2) is 51.6 Å². The van der Waals surface area contributed by atoms with Gasteiger partial charge in [-0.25, -0.2) is 18.7 Å². The van der Waals surface area contributed by atoms with Crippen LogP contribution in [0.5, 0.6) is 0 Å². The number of aromatic nitrogens is 4. The van der Waals surface area contributed by atoms with E-state index in [9.17, 15) is 14.0 Å². The third-order valence-electron chi connectivity index (χ3n) is 5.07. The third kappa shape index (κ3) is 3.68. The molecule has 1 fully saturated rings. The number of nitrogens with zero attached hydrogens (tertiary/aromatic N) is 4. The van der Waals surface area contributed by atoms with Gasteiger partial charge in [-0.05, 0) is 18.2 Å². The molecule has 0 radical (unpaired) electrons. The molecule has 5 rings (SSSR count). The normalized spacial score (nSPS) is 14.2. The smallest absolute Gasteiger partial charge is 0.332 e. The number of hydrogen-bond donors (Lipinski definition) is 3. The maximum Gasteiger partial charge on any atom is 0.332 e. The van der Waals surface area contributed by atoms with Crippen LogP contribution in [0.15, 0.2) is 46.8 Å². The summed E-state index contributed by atoms with van der Waals surface area (Å²) >= 11 is 1.13. The van der Waals surface area contributed by atoms with Crippen molar-refractivity contribution in [3.05, 3.63) is 64.0 Å². The van der Waals surface area contributed by atoms with Crippen LogP contribution in [-0.2, 0) is 0 Å². The van der Waals surface area contributed by atoms with Gasteiger partial charge in [-0.2, -0.15) is 0 Å². The topological polar surface area (TPSA) is 108 Å². The van der Waals surface area contributed by atoms with Gasteiger partial charge in [0.25, 0.3) is 5.91 Å². The minimum absolute atomic E-state index is 0.160. The fourth-order valence-corrected chi connectivity index (χ4v) is 4.40. The van der Waals surface area contributed by atoms with Crippen LogP contribution in [0.25, 0.3) is 16.2 Å². The number of benzene rings is 1. The summed E-state index contributed by atoms with van der Waals surface area (Å²) in [6.45, 7) is 3.39. The van der Waals surface area contributed by atoms with E-state index in [1.54, 1.807) is 17.8 Å². The highest BCUT2D eigenvalue weighted by Gasteiger charge is 2.19. The molecule has 3 N–H and O–H groups in total. The van der Waals surface area contributed by atoms with Gasteiger partial charge in [0.05, 0.1) is 28.6 Å². The minimum Gasteiger partial charge on any atom is -0.367 e. The molecule has 1 saturated heterocycles. The van der Waals surface area contributed by atoms with Crippen LogP contribution in [0.2, 0.25) is 0 Å². The van der Waals surface area contributed by atoms with E-state index in [1.165, 1.54) is 22.8 Å². The Morgan fingerprint density at radius 2 is 2.06 bits per heavy atom. The molecule has 4 aromatic rings. The fraction of sp³-hybridized carbons (Fsp3) is 0.200. The number of thiazole rings is 1. The standard InChI is InChI=1S/C20H18FN7O2S/c21-12-1-2-13-17(9-12)28(19(30)25-13)20-26-15(11-31-20)18(29)24-14-10-23-4-3-16(14)27-7-5-22-6-8-27/h1-4,9-11,22H,5-8H2,(H,24,29)(H,25,30). The number of imidazole rings is 1. The Morgan fingerprint density at radius 3 is 2.90 bits per heavy atom. The second-order valence-electron chi connectivity index (χ2n) is 7.03. The van der Waals surface area contributed by atoms with Crippen LogP contribution in [0.3, 0.4) is 0 Å². The zero-order valence-electron chi connectivity index (χ0n) is 16.3. The second kappa shape index (κ2) is 7.93. The summed E-state index contributed by atoms with van der Waals surface area (Å²) in [5, 5.41) is 8.01. The van der Waals surface area contributed by atoms with Crippen molar-refractivity contribution in [1.29, 1.82) is 0 Å². The number of pyridine rings is 1. The zero-order valence-corrected chi connectivity index (χ0v) is 17.1. The first-order valence-electron chi connectivity index (χ1n) is 9.67. The Morgan fingerprint density at radius 1 is 1.23 bits per heavy atom. The van der Waals surface area contributed by atoms with E-state index < -0.39 is 17.4 Å². The molecular weight excluding hydrogens is 421 g/mol. The average molecular weight is 439 g/mol. The summed E-state index contributed by atoms with van der Waals surface area (Å²) in [6, 6.07) is 5.88. The molecule has 3 aromatic heterocycles. The van der Waals surface area contributed by atoms with Crippen LogP contribution in [0.1, 0.15) is 10.5 Å². The number of rotatable bonds is 4. The lowest BCUT2D eigenvalue weighted by atomic mass is 10.2. The van der Waals surface area contributed by atoms with Gasteiger partial charge < -0.3 is 20.5 Å². The molecule has 4 heterocycles. The van der Waals surface area contributed by atoms with E-state index in [0.717, 1.165) is 43.2 Å². The lowest BCUT2D eigenvalue weighted by Gasteiger charge is -2.30. The van der Waals surface area contributed by atoms with Gasteiger partial charge in [0, 0.05) is 43.8 Å². The van der Waals surface area contributed by atoms with Crippen molar-refractivity contribution in [2.45, 2.75) is 0 Å². The highest BCUT2D eigenvalue weighted by Crippen LogP contribution is 2.26. The molecule has 0 bridgehead atoms. The van der Waals surface area contributed by atoms with Crippen molar-refractivity contribution in [3.8, 4) is 5.13 Å². The van der Waals surface area contributed by atoms with Gasteiger partial charge in [0.1, 0.15) is 11.5 Å². The maximum absolute atomic E-state index is 13.7. The van der Waals surface area contributed by atoms with Crippen molar-refractivity contribution in [1.82, 2.24) is 24.8 Å². The molecule has 0 saturated carbocycles. The van der Waals surface area contributed by atoms with E-state index in [-0.39, 0.29) is 10.8 Å². The lowest BCUT2D eigenvalue weighted by Crippen LogP contribution is -2.43. The number of anilines is 2. The number of halogens is 1. The Balaban J connectivity index is 1.43. The zero-order chi connectivity index (χ0) is 21.4. The molecule has 31 heavy (non-hydrogen) atoms. The van der Waals surface area contributed by atoms with Crippen molar-refractivity contribution in [2.75, 3.05) is 36.4 Å². The third-order valence-corrected chi connectivity index (χ3v) is 5.89. The molecule has 1 aliphatic heterocycles. The van der Waals surface area contributed by atoms with Crippen LogP contribution in [0, 0.1) is 5.82 Å². The second-order valence-corrected chi connectivity index (χ2v) is 7.86. The summed E-state index contributed by atoms with van der Waals surface area (Å²) in [5.41, 5.74) is 2.05. The van der Waals surface area contributed by atoms with Gasteiger partial charge in [-0.3, -0.25) is 9.78 Å². The highest BCUT2D eigenvalue weighted by molar-refractivity contribution is 7.12. The molecule has 158 valence electrons. The van der Waals surface area contributed by atoms with E-state index >= 15 is 0 Å². The van der Waals surface area contributed by atoms with Crippen LogP contribution < -0.4 is 21.2 Å². The van der Waals surface area contributed by atoms with E-state index in [4.69, 9.17) is 0 Å². The molecule has 0 aliphatic carbocycles. The van der Waals surface area contributed by atoms with E-state index in [0.29, 0.717) is 16.7 Å². The molecule has 1 aromatic carbocycles. The Kier molecular flexibility index (Phi) is 4.96. The molecule has 1 amide bonds. The minimum atomic E-state index is -0.466. The largest absolute Gasteiger partial charge is 0.367 e. The van der Waals surface area contributed by atoms with Gasteiger partial charge in [-0.15, -0.1) is 11.3 Å². The monoisotopic (exact) mass is 439 g/mol.